The third-order valence-corrected chi connectivity index (χ3v) is 6.63. The number of hydrogen-bond donors (Lipinski definition) is 0. The lowest BCUT2D eigenvalue weighted by molar-refractivity contribution is -0.118. The van der Waals surface area contributed by atoms with Crippen LogP contribution in [0.5, 0.6) is 0 Å². The van der Waals surface area contributed by atoms with Gasteiger partial charge in [-0.25, -0.2) is 9.97 Å². The van der Waals surface area contributed by atoms with Gasteiger partial charge in [-0.2, -0.15) is 5.10 Å². The molecule has 5 rings (SSSR count). The minimum absolute atomic E-state index is 0.124. The van der Waals surface area contributed by atoms with Gasteiger partial charge in [0.05, 0.1) is 28.4 Å². The van der Waals surface area contributed by atoms with Crippen LogP contribution in [0.2, 0.25) is 0 Å². The van der Waals surface area contributed by atoms with E-state index < -0.39 is 0 Å². The number of anilines is 2. The zero-order valence-corrected chi connectivity index (χ0v) is 19.1. The van der Waals surface area contributed by atoms with E-state index in [1.807, 2.05) is 48.5 Å². The van der Waals surface area contributed by atoms with E-state index in [0.717, 1.165) is 22.3 Å². The normalized spacial score (nSPS) is 11.3. The van der Waals surface area contributed by atoms with Crippen molar-refractivity contribution in [1.29, 1.82) is 0 Å². The predicted octanol–water partition coefficient (Wildman–Crippen LogP) is 4.06. The van der Waals surface area contributed by atoms with Crippen LogP contribution in [0.1, 0.15) is 18.9 Å². The lowest BCUT2D eigenvalue weighted by atomic mass is 10.1. The van der Waals surface area contributed by atoms with Gasteiger partial charge in [0, 0.05) is 20.0 Å². The number of thiazole rings is 1. The zero-order chi connectivity index (χ0) is 22.9. The molecule has 0 atom stereocenters. The molecule has 3 aromatic heterocycles. The standard InChI is InChI=1S/C24H22N6O2S/c1-3-16-8-10-17(11-9-16)30(24-27-19-6-4-5-7-20(19)33-24)21(31)12-13-29-15-25-22-18(23(29)32)14-26-28(22)2/h4-11,14-15H,3,12-13H2,1-2H3. The highest BCUT2D eigenvalue weighted by atomic mass is 32.1. The Morgan fingerprint density at radius 1 is 1.12 bits per heavy atom. The molecule has 0 spiro atoms. The highest BCUT2D eigenvalue weighted by molar-refractivity contribution is 7.22. The van der Waals surface area contributed by atoms with Gasteiger partial charge in [0.1, 0.15) is 5.39 Å². The Balaban J connectivity index is 1.47. The van der Waals surface area contributed by atoms with Crippen LogP contribution in [0.3, 0.4) is 0 Å². The van der Waals surface area contributed by atoms with Crippen LogP contribution in [0.4, 0.5) is 10.8 Å². The van der Waals surface area contributed by atoms with Crippen LogP contribution in [0.25, 0.3) is 21.3 Å². The van der Waals surface area contributed by atoms with Crippen molar-refractivity contribution in [2.45, 2.75) is 26.3 Å². The molecule has 3 heterocycles. The summed E-state index contributed by atoms with van der Waals surface area (Å²) in [6.07, 6.45) is 4.02. The van der Waals surface area contributed by atoms with Crippen molar-refractivity contribution >= 4 is 49.3 Å². The average molecular weight is 459 g/mol. The number of carbonyl (C=O) groups excluding carboxylic acids is 1. The second-order valence-corrected chi connectivity index (χ2v) is 8.72. The van der Waals surface area contributed by atoms with Gasteiger partial charge in [-0.15, -0.1) is 0 Å². The fourth-order valence-corrected chi connectivity index (χ4v) is 4.76. The topological polar surface area (TPSA) is 85.9 Å². The number of aryl methyl sites for hydroxylation is 3. The molecule has 0 aliphatic rings. The second-order valence-electron chi connectivity index (χ2n) is 7.71. The Morgan fingerprint density at radius 3 is 2.67 bits per heavy atom. The Morgan fingerprint density at radius 2 is 1.91 bits per heavy atom. The molecule has 0 N–H and O–H groups in total. The molecule has 0 saturated carbocycles. The first-order valence-corrected chi connectivity index (χ1v) is 11.5. The van der Waals surface area contributed by atoms with Gasteiger partial charge in [-0.1, -0.05) is 42.5 Å². The molecule has 0 aliphatic heterocycles. The number of hydrogen-bond acceptors (Lipinski definition) is 6. The van der Waals surface area contributed by atoms with E-state index in [-0.39, 0.29) is 24.4 Å². The van der Waals surface area contributed by atoms with Gasteiger partial charge in [0.2, 0.25) is 5.91 Å². The van der Waals surface area contributed by atoms with Crippen molar-refractivity contribution in [3.05, 3.63) is 77.0 Å². The third kappa shape index (κ3) is 3.91. The molecule has 0 radical (unpaired) electrons. The van der Waals surface area contributed by atoms with Crippen LogP contribution in [-0.2, 0) is 24.8 Å². The maximum absolute atomic E-state index is 13.5. The van der Waals surface area contributed by atoms with Gasteiger partial charge in [-0.05, 0) is 36.2 Å². The molecule has 0 bridgehead atoms. The van der Waals surface area contributed by atoms with E-state index in [4.69, 9.17) is 4.98 Å². The maximum Gasteiger partial charge on any atom is 0.264 e. The Hall–Kier alpha value is -3.85. The number of aromatic nitrogens is 5. The van der Waals surface area contributed by atoms with Gasteiger partial charge < -0.3 is 0 Å². The van der Waals surface area contributed by atoms with E-state index in [9.17, 15) is 9.59 Å². The van der Waals surface area contributed by atoms with Gasteiger partial charge in [0.25, 0.3) is 5.56 Å². The quantitative estimate of drug-likeness (QED) is 0.383. The number of amides is 1. The second kappa shape index (κ2) is 8.59. The summed E-state index contributed by atoms with van der Waals surface area (Å²) in [6, 6.07) is 15.8. The SMILES string of the molecule is CCc1ccc(N(C(=O)CCn2cnc3c(cnn3C)c2=O)c2nc3ccccc3s2)cc1. The van der Waals surface area contributed by atoms with Gasteiger partial charge in [0.15, 0.2) is 10.8 Å². The smallest absolute Gasteiger partial charge is 0.264 e. The third-order valence-electron chi connectivity index (χ3n) is 5.61. The number of rotatable bonds is 6. The first-order chi connectivity index (χ1) is 16.0. The van der Waals surface area contributed by atoms with Crippen LogP contribution < -0.4 is 10.5 Å². The molecular weight excluding hydrogens is 436 g/mol. The molecule has 5 aromatic rings. The van der Waals surface area contributed by atoms with E-state index in [0.29, 0.717) is 16.2 Å². The van der Waals surface area contributed by atoms with Crippen molar-refractivity contribution in [3.63, 3.8) is 0 Å². The first kappa shape index (κ1) is 21.0. The molecule has 0 fully saturated rings. The molecule has 8 nitrogen and oxygen atoms in total. The van der Waals surface area contributed by atoms with Crippen molar-refractivity contribution < 1.29 is 4.79 Å². The van der Waals surface area contributed by atoms with E-state index in [2.05, 4.69) is 17.0 Å². The van der Waals surface area contributed by atoms with Crippen LogP contribution in [-0.4, -0.2) is 30.2 Å². The Kier molecular flexibility index (Phi) is 5.47. The summed E-state index contributed by atoms with van der Waals surface area (Å²) < 4.78 is 4.03. The predicted molar refractivity (Wildman–Crippen MR) is 130 cm³/mol. The first-order valence-electron chi connectivity index (χ1n) is 10.7. The molecule has 0 saturated heterocycles. The van der Waals surface area contributed by atoms with Crippen LogP contribution >= 0.6 is 11.3 Å². The van der Waals surface area contributed by atoms with Crippen LogP contribution in [0, 0.1) is 0 Å². The number of benzene rings is 2. The monoisotopic (exact) mass is 458 g/mol. The average Bonchev–Trinajstić information content (AvgIpc) is 3.43. The van der Waals surface area contributed by atoms with Crippen molar-refractivity contribution in [2.75, 3.05) is 4.90 Å². The molecule has 9 heteroatoms. The lowest BCUT2D eigenvalue weighted by Crippen LogP contribution is -2.29. The lowest BCUT2D eigenvalue weighted by Gasteiger charge is -2.20. The largest absolute Gasteiger partial charge is 0.298 e. The molecule has 166 valence electrons. The molecule has 2 aromatic carbocycles. The minimum atomic E-state index is -0.209. The number of fused-ring (bicyclic) bond motifs is 2. The summed E-state index contributed by atoms with van der Waals surface area (Å²) in [5.41, 5.74) is 3.11. The molecular formula is C24H22N6O2S. The summed E-state index contributed by atoms with van der Waals surface area (Å²) in [4.78, 5) is 36.9. The van der Waals surface area contributed by atoms with E-state index in [1.54, 1.807) is 16.6 Å². The van der Waals surface area contributed by atoms with Crippen molar-refractivity contribution in [1.82, 2.24) is 24.3 Å². The molecule has 0 aliphatic carbocycles. The highest BCUT2D eigenvalue weighted by Crippen LogP contribution is 2.34. The van der Waals surface area contributed by atoms with Gasteiger partial charge >= 0.3 is 0 Å². The number of carbonyl (C=O) groups is 1. The van der Waals surface area contributed by atoms with E-state index in [1.165, 1.54) is 34.0 Å². The number of para-hydroxylation sites is 1. The fourth-order valence-electron chi connectivity index (χ4n) is 3.75. The zero-order valence-electron chi connectivity index (χ0n) is 18.3. The van der Waals surface area contributed by atoms with Crippen molar-refractivity contribution in [3.8, 4) is 0 Å². The Bertz CT molecular complexity index is 1480. The highest BCUT2D eigenvalue weighted by Gasteiger charge is 2.22. The number of nitrogens with zero attached hydrogens (tertiary/aromatic N) is 6. The Labute approximate surface area is 193 Å². The minimum Gasteiger partial charge on any atom is -0.298 e. The van der Waals surface area contributed by atoms with Crippen molar-refractivity contribution in [2.24, 2.45) is 7.05 Å². The molecule has 0 unspecified atom stereocenters. The summed E-state index contributed by atoms with van der Waals surface area (Å²) in [7, 11) is 1.74. The molecule has 33 heavy (non-hydrogen) atoms. The maximum atomic E-state index is 13.5. The van der Waals surface area contributed by atoms with E-state index >= 15 is 0 Å². The fraction of sp³-hybridized carbons (Fsp3) is 0.208. The summed E-state index contributed by atoms with van der Waals surface area (Å²) in [5, 5.41) is 5.14. The molecule has 1 amide bonds. The summed E-state index contributed by atoms with van der Waals surface area (Å²) >= 11 is 1.47. The summed E-state index contributed by atoms with van der Waals surface area (Å²) in [6.45, 7) is 2.31. The summed E-state index contributed by atoms with van der Waals surface area (Å²) in [5.74, 6) is -0.142. The van der Waals surface area contributed by atoms with Crippen LogP contribution in [0.15, 0.2) is 65.8 Å². The van der Waals surface area contributed by atoms with Gasteiger partial charge in [-0.3, -0.25) is 23.7 Å².